The third-order valence-electron chi connectivity index (χ3n) is 5.88. The number of aromatic amines is 1. The zero-order valence-corrected chi connectivity index (χ0v) is 19.3. The maximum atomic E-state index is 15.9. The lowest BCUT2D eigenvalue weighted by Gasteiger charge is -2.43. The Balaban J connectivity index is 1.75. The maximum Gasteiger partial charge on any atom is 0.410 e. The second-order valence-corrected chi connectivity index (χ2v) is 9.40. The van der Waals surface area contributed by atoms with Gasteiger partial charge in [-0.15, -0.1) is 0 Å². The van der Waals surface area contributed by atoms with Crippen LogP contribution in [0.25, 0.3) is 10.9 Å². The van der Waals surface area contributed by atoms with Crippen LogP contribution in [-0.2, 0) is 10.3 Å². The Bertz CT molecular complexity index is 1290. The van der Waals surface area contributed by atoms with Gasteiger partial charge in [0.25, 0.3) is 5.56 Å². The summed E-state index contributed by atoms with van der Waals surface area (Å²) in [5.74, 6) is 0.266. The number of alkyl halides is 1. The second kappa shape index (κ2) is 8.82. The summed E-state index contributed by atoms with van der Waals surface area (Å²) in [6.45, 7) is 5.18. The van der Waals surface area contributed by atoms with Crippen molar-refractivity contribution in [3.63, 3.8) is 0 Å². The van der Waals surface area contributed by atoms with Crippen LogP contribution in [0.3, 0.4) is 0 Å². The molecule has 1 aromatic carbocycles. The first-order chi connectivity index (χ1) is 16.1. The molecule has 2 aromatic heterocycles. The third kappa shape index (κ3) is 4.33. The van der Waals surface area contributed by atoms with Crippen LogP contribution in [0.5, 0.6) is 0 Å². The Hall–Kier alpha value is -3.87. The number of para-hydroxylation sites is 1. The van der Waals surface area contributed by atoms with E-state index in [4.69, 9.17) is 4.74 Å². The highest BCUT2D eigenvalue weighted by Crippen LogP contribution is 2.39. The fourth-order valence-electron chi connectivity index (χ4n) is 4.24. The molecule has 3 heterocycles. The Morgan fingerprint density at radius 2 is 2.09 bits per heavy atom. The van der Waals surface area contributed by atoms with Crippen LogP contribution >= 0.6 is 0 Å². The smallest absolute Gasteiger partial charge is 0.410 e. The number of rotatable bonds is 4. The number of fused-ring (bicyclic) bond motifs is 1. The molecule has 9 nitrogen and oxygen atoms in total. The number of carbonyl (C=O) groups excluding carboxylic acids is 1. The molecule has 1 aliphatic heterocycles. The first-order valence-electron chi connectivity index (χ1n) is 11.1. The molecule has 3 aromatic rings. The summed E-state index contributed by atoms with van der Waals surface area (Å²) in [5, 5.41) is 17.6. The number of carbonyl (C=O) groups is 1. The molecule has 1 aliphatic rings. The van der Waals surface area contributed by atoms with E-state index >= 15 is 4.39 Å². The summed E-state index contributed by atoms with van der Waals surface area (Å²) in [6.07, 6.45) is -0.785. The van der Waals surface area contributed by atoms with Crippen molar-refractivity contribution in [2.24, 2.45) is 0 Å². The first kappa shape index (κ1) is 23.3. The number of benzene rings is 1. The van der Waals surface area contributed by atoms with Crippen molar-refractivity contribution in [1.29, 1.82) is 5.26 Å². The summed E-state index contributed by atoms with van der Waals surface area (Å²) in [7, 11) is 0. The lowest BCUT2D eigenvalue weighted by atomic mass is 9.83. The van der Waals surface area contributed by atoms with Gasteiger partial charge in [-0.25, -0.2) is 9.18 Å². The van der Waals surface area contributed by atoms with E-state index in [1.165, 1.54) is 15.8 Å². The molecule has 0 unspecified atom stereocenters. The van der Waals surface area contributed by atoms with Gasteiger partial charge in [0.05, 0.1) is 24.6 Å². The van der Waals surface area contributed by atoms with E-state index in [0.29, 0.717) is 11.2 Å². The van der Waals surface area contributed by atoms with E-state index in [1.54, 1.807) is 26.8 Å². The van der Waals surface area contributed by atoms with Gasteiger partial charge in [0.1, 0.15) is 22.7 Å². The van der Waals surface area contributed by atoms with Gasteiger partial charge in [0.2, 0.25) is 0 Å². The topological polar surface area (TPSA) is 116 Å². The SMILES string of the molecule is CC(C)(C)OC(=O)N1CC[C@](CC#N)(n2nc(Nc3ccccc3)c3c(=O)[nH]ccc32)[C@H](F)C1. The average Bonchev–Trinajstić information content (AvgIpc) is 3.15. The van der Waals surface area contributed by atoms with Gasteiger partial charge in [-0.05, 0) is 45.4 Å². The Kier molecular flexibility index (Phi) is 6.04. The molecule has 178 valence electrons. The minimum absolute atomic E-state index is 0.134. The third-order valence-corrected chi connectivity index (χ3v) is 5.88. The highest BCUT2D eigenvalue weighted by molar-refractivity contribution is 5.91. The Morgan fingerprint density at radius 3 is 2.74 bits per heavy atom. The fourth-order valence-corrected chi connectivity index (χ4v) is 4.24. The van der Waals surface area contributed by atoms with Crippen molar-refractivity contribution >= 4 is 28.5 Å². The van der Waals surface area contributed by atoms with Gasteiger partial charge in [-0.2, -0.15) is 10.4 Å². The minimum Gasteiger partial charge on any atom is -0.444 e. The highest BCUT2D eigenvalue weighted by Gasteiger charge is 2.48. The molecule has 1 saturated heterocycles. The number of pyridine rings is 1. The lowest BCUT2D eigenvalue weighted by molar-refractivity contribution is -0.0166. The van der Waals surface area contributed by atoms with E-state index in [-0.39, 0.29) is 42.7 Å². The first-order valence-corrected chi connectivity index (χ1v) is 11.1. The van der Waals surface area contributed by atoms with Crippen LogP contribution in [-0.4, -0.2) is 50.6 Å². The van der Waals surface area contributed by atoms with Crippen LogP contribution in [0, 0.1) is 11.3 Å². The number of anilines is 2. The van der Waals surface area contributed by atoms with E-state index in [2.05, 4.69) is 21.5 Å². The number of halogens is 1. The Labute approximate surface area is 196 Å². The normalized spacial score (nSPS) is 20.7. The van der Waals surface area contributed by atoms with Crippen molar-refractivity contribution in [3.05, 3.63) is 52.9 Å². The van der Waals surface area contributed by atoms with Gasteiger partial charge in [-0.3, -0.25) is 9.48 Å². The predicted octanol–water partition coefficient (Wildman–Crippen LogP) is 4.06. The number of aromatic nitrogens is 3. The monoisotopic (exact) mass is 466 g/mol. The number of piperidine rings is 1. The largest absolute Gasteiger partial charge is 0.444 e. The van der Waals surface area contributed by atoms with Gasteiger partial charge >= 0.3 is 6.09 Å². The van der Waals surface area contributed by atoms with Gasteiger partial charge in [-0.1, -0.05) is 18.2 Å². The molecule has 0 radical (unpaired) electrons. The number of amides is 1. The average molecular weight is 467 g/mol. The molecule has 4 rings (SSSR count). The number of H-pyrrole nitrogens is 1. The molecule has 0 saturated carbocycles. The molecule has 34 heavy (non-hydrogen) atoms. The zero-order valence-electron chi connectivity index (χ0n) is 19.3. The van der Waals surface area contributed by atoms with Crippen molar-refractivity contribution in [2.75, 3.05) is 18.4 Å². The van der Waals surface area contributed by atoms with Crippen molar-refractivity contribution in [1.82, 2.24) is 19.7 Å². The molecule has 0 aliphatic carbocycles. The van der Waals surface area contributed by atoms with Crippen molar-refractivity contribution in [2.45, 2.75) is 50.9 Å². The summed E-state index contributed by atoms with van der Waals surface area (Å²) in [6, 6.07) is 12.9. The molecule has 2 N–H and O–H groups in total. The zero-order chi connectivity index (χ0) is 24.5. The molecule has 10 heteroatoms. The molecule has 2 atom stereocenters. The van der Waals surface area contributed by atoms with Crippen LogP contribution < -0.4 is 10.9 Å². The van der Waals surface area contributed by atoms with Crippen LogP contribution in [0.2, 0.25) is 0 Å². The summed E-state index contributed by atoms with van der Waals surface area (Å²) >= 11 is 0. The second-order valence-electron chi connectivity index (χ2n) is 9.40. The molecular weight excluding hydrogens is 439 g/mol. The van der Waals surface area contributed by atoms with Crippen molar-refractivity contribution in [3.8, 4) is 6.07 Å². The molecule has 0 spiro atoms. The highest BCUT2D eigenvalue weighted by atomic mass is 19.1. The standard InChI is InChI=1S/C24H27FN6O3/c1-23(2,3)34-22(33)30-14-11-24(10-12-26,18(25)15-30)31-17-9-13-27-21(32)19(17)20(29-31)28-16-7-5-4-6-8-16/h4-9,13,18H,10-11,14-15H2,1-3H3,(H,27,32)(H,28,29)/t18-,24+/m1/s1. The van der Waals surface area contributed by atoms with Crippen LogP contribution in [0.4, 0.5) is 20.7 Å². The molecule has 1 fully saturated rings. The fraction of sp³-hybridized carbons (Fsp3) is 0.417. The number of hydrogen-bond acceptors (Lipinski definition) is 6. The van der Waals surface area contributed by atoms with Crippen LogP contribution in [0.1, 0.15) is 33.6 Å². The van der Waals surface area contributed by atoms with E-state index in [1.807, 2.05) is 30.3 Å². The summed E-state index contributed by atoms with van der Waals surface area (Å²) in [5.41, 5.74) is -1.32. The summed E-state index contributed by atoms with van der Waals surface area (Å²) < 4.78 is 22.8. The number of nitrogens with one attached hydrogen (secondary N) is 2. The quantitative estimate of drug-likeness (QED) is 0.599. The van der Waals surface area contributed by atoms with E-state index < -0.39 is 23.4 Å². The minimum atomic E-state index is -1.61. The maximum absolute atomic E-state index is 15.9. The molecular formula is C24H27FN6O3. The number of nitrogens with zero attached hydrogens (tertiary/aromatic N) is 4. The predicted molar refractivity (Wildman–Crippen MR) is 126 cm³/mol. The molecule has 0 bridgehead atoms. The number of nitriles is 1. The lowest BCUT2D eigenvalue weighted by Crippen LogP contribution is -2.56. The number of likely N-dealkylation sites (tertiary alicyclic amines) is 1. The van der Waals surface area contributed by atoms with Gasteiger partial charge in [0, 0.05) is 18.4 Å². The van der Waals surface area contributed by atoms with Crippen LogP contribution in [0.15, 0.2) is 47.4 Å². The van der Waals surface area contributed by atoms with E-state index in [9.17, 15) is 14.9 Å². The van der Waals surface area contributed by atoms with Gasteiger partial charge < -0.3 is 19.9 Å². The number of ether oxygens (including phenoxy) is 1. The van der Waals surface area contributed by atoms with Gasteiger partial charge in [0.15, 0.2) is 5.82 Å². The van der Waals surface area contributed by atoms with Crippen molar-refractivity contribution < 1.29 is 13.9 Å². The molecule has 1 amide bonds. The van der Waals surface area contributed by atoms with E-state index in [0.717, 1.165) is 0 Å². The Morgan fingerprint density at radius 1 is 1.35 bits per heavy atom. The summed E-state index contributed by atoms with van der Waals surface area (Å²) in [4.78, 5) is 29.2. The number of hydrogen-bond donors (Lipinski definition) is 2.